The van der Waals surface area contributed by atoms with Crippen LogP contribution in [0, 0.1) is 0 Å². The molecule has 1 aliphatic carbocycles. The van der Waals surface area contributed by atoms with Gasteiger partial charge in [-0.05, 0) is 18.4 Å². The summed E-state index contributed by atoms with van der Waals surface area (Å²) < 4.78 is 0. The Balaban J connectivity index is 1.85. The predicted octanol–water partition coefficient (Wildman–Crippen LogP) is 4.23. The van der Waals surface area contributed by atoms with Gasteiger partial charge in [-0.15, -0.1) is 0 Å². The second-order valence-corrected chi connectivity index (χ2v) is 6.77. The molecule has 2 rings (SSSR count). The zero-order chi connectivity index (χ0) is 12.8. The summed E-state index contributed by atoms with van der Waals surface area (Å²) in [7, 11) is 0. The molecule has 1 N–H and O–H groups in total. The highest BCUT2D eigenvalue weighted by molar-refractivity contribution is 7.99. The van der Waals surface area contributed by atoms with Gasteiger partial charge in [0.25, 0.3) is 0 Å². The monoisotopic (exact) mass is 263 g/mol. The maximum absolute atomic E-state index is 3.75. The van der Waals surface area contributed by atoms with E-state index in [9.17, 15) is 0 Å². The molecule has 0 radical (unpaired) electrons. The largest absolute Gasteiger partial charge is 0.311 e. The molecule has 1 aromatic rings. The van der Waals surface area contributed by atoms with Crippen LogP contribution in [0.4, 0.5) is 0 Å². The van der Waals surface area contributed by atoms with Gasteiger partial charge >= 0.3 is 0 Å². The van der Waals surface area contributed by atoms with Gasteiger partial charge in [0.05, 0.1) is 0 Å². The number of hydrogen-bond acceptors (Lipinski definition) is 2. The van der Waals surface area contributed by atoms with E-state index in [4.69, 9.17) is 0 Å². The number of thioether (sulfide) groups is 1. The van der Waals surface area contributed by atoms with Crippen molar-refractivity contribution in [3.8, 4) is 0 Å². The van der Waals surface area contributed by atoms with E-state index in [0.717, 1.165) is 11.0 Å². The molecule has 0 aliphatic heterocycles. The van der Waals surface area contributed by atoms with Crippen LogP contribution in [0.25, 0.3) is 0 Å². The first-order valence-electron chi connectivity index (χ1n) is 7.17. The fraction of sp³-hybridized carbons (Fsp3) is 0.625. The van der Waals surface area contributed by atoms with Crippen LogP contribution in [0.2, 0.25) is 0 Å². The van der Waals surface area contributed by atoms with Crippen LogP contribution in [0.5, 0.6) is 0 Å². The molecule has 1 aliphatic rings. The summed E-state index contributed by atoms with van der Waals surface area (Å²) >= 11 is 2.14. The van der Waals surface area contributed by atoms with Gasteiger partial charge in [0.15, 0.2) is 0 Å². The zero-order valence-electron chi connectivity index (χ0n) is 11.6. The summed E-state index contributed by atoms with van der Waals surface area (Å²) in [5, 5.41) is 4.54. The maximum Gasteiger partial charge on any atom is 0.0204 e. The van der Waals surface area contributed by atoms with Crippen LogP contribution in [-0.2, 0) is 5.75 Å². The standard InChI is InChI=1S/C16H25NS/c1-13(2)17-15-10-6-7-11-16(15)18-12-14-8-4-3-5-9-14/h3-5,8-9,13,15-17H,6-7,10-12H2,1-2H3/t15-,16-/m0/s1. The summed E-state index contributed by atoms with van der Waals surface area (Å²) in [6.45, 7) is 4.51. The van der Waals surface area contributed by atoms with Gasteiger partial charge in [-0.3, -0.25) is 0 Å². The van der Waals surface area contributed by atoms with E-state index >= 15 is 0 Å². The molecule has 1 fully saturated rings. The molecule has 2 heteroatoms. The lowest BCUT2D eigenvalue weighted by Gasteiger charge is -2.33. The molecule has 100 valence electrons. The van der Waals surface area contributed by atoms with E-state index < -0.39 is 0 Å². The summed E-state index contributed by atoms with van der Waals surface area (Å²) in [6.07, 6.45) is 5.53. The summed E-state index contributed by atoms with van der Waals surface area (Å²) in [6, 6.07) is 12.2. The average Bonchev–Trinajstić information content (AvgIpc) is 2.38. The minimum absolute atomic E-state index is 0.605. The molecule has 0 heterocycles. The van der Waals surface area contributed by atoms with E-state index in [1.54, 1.807) is 0 Å². The Kier molecular flexibility index (Phi) is 5.58. The molecule has 0 unspecified atom stereocenters. The highest BCUT2D eigenvalue weighted by Crippen LogP contribution is 2.31. The Morgan fingerprint density at radius 3 is 2.61 bits per heavy atom. The highest BCUT2D eigenvalue weighted by atomic mass is 32.2. The van der Waals surface area contributed by atoms with Crippen LogP contribution < -0.4 is 5.32 Å². The van der Waals surface area contributed by atoms with Crippen molar-refractivity contribution in [3.05, 3.63) is 35.9 Å². The molecule has 1 saturated carbocycles. The predicted molar refractivity (Wildman–Crippen MR) is 82.1 cm³/mol. The fourth-order valence-corrected chi connectivity index (χ4v) is 4.07. The second kappa shape index (κ2) is 7.20. The summed E-state index contributed by atoms with van der Waals surface area (Å²) in [4.78, 5) is 0. The molecule has 0 bridgehead atoms. The third kappa shape index (κ3) is 4.33. The van der Waals surface area contributed by atoms with Crippen molar-refractivity contribution in [2.75, 3.05) is 0 Å². The van der Waals surface area contributed by atoms with Crippen LogP contribution >= 0.6 is 11.8 Å². The minimum atomic E-state index is 0.605. The second-order valence-electron chi connectivity index (χ2n) is 5.55. The van der Waals surface area contributed by atoms with E-state index in [1.165, 1.54) is 31.2 Å². The molecule has 1 aromatic carbocycles. The zero-order valence-corrected chi connectivity index (χ0v) is 12.4. The van der Waals surface area contributed by atoms with Crippen molar-refractivity contribution >= 4 is 11.8 Å². The first-order chi connectivity index (χ1) is 8.75. The van der Waals surface area contributed by atoms with Crippen LogP contribution in [0.1, 0.15) is 45.1 Å². The van der Waals surface area contributed by atoms with Crippen LogP contribution in [0.3, 0.4) is 0 Å². The number of nitrogens with one attached hydrogen (secondary N) is 1. The van der Waals surface area contributed by atoms with Crippen LogP contribution in [0.15, 0.2) is 30.3 Å². The Hall–Kier alpha value is -0.470. The lowest BCUT2D eigenvalue weighted by molar-refractivity contribution is 0.361. The molecule has 0 spiro atoms. The first kappa shape index (κ1) is 14.0. The minimum Gasteiger partial charge on any atom is -0.311 e. The molecule has 0 amide bonds. The van der Waals surface area contributed by atoms with Gasteiger partial charge in [-0.2, -0.15) is 11.8 Å². The number of rotatable bonds is 5. The Labute approximate surface area is 116 Å². The topological polar surface area (TPSA) is 12.0 Å². The Bertz CT molecular complexity index is 336. The van der Waals surface area contributed by atoms with Gasteiger partial charge in [-0.1, -0.05) is 57.0 Å². The van der Waals surface area contributed by atoms with Gasteiger partial charge in [0.1, 0.15) is 0 Å². The molecule has 0 saturated heterocycles. The molecular formula is C16H25NS. The van der Waals surface area contributed by atoms with Crippen molar-refractivity contribution in [2.45, 2.75) is 62.6 Å². The van der Waals surface area contributed by atoms with Gasteiger partial charge in [-0.25, -0.2) is 0 Å². The van der Waals surface area contributed by atoms with Crippen molar-refractivity contribution in [3.63, 3.8) is 0 Å². The van der Waals surface area contributed by atoms with E-state index in [1.807, 2.05) is 0 Å². The summed E-state index contributed by atoms with van der Waals surface area (Å²) in [5.41, 5.74) is 1.45. The third-order valence-electron chi connectivity index (χ3n) is 3.56. The quantitative estimate of drug-likeness (QED) is 0.853. The first-order valence-corrected chi connectivity index (χ1v) is 8.22. The molecular weight excluding hydrogens is 238 g/mol. The van der Waals surface area contributed by atoms with E-state index in [0.29, 0.717) is 12.1 Å². The lowest BCUT2D eigenvalue weighted by Crippen LogP contribution is -2.43. The third-order valence-corrected chi connectivity index (χ3v) is 5.05. The average molecular weight is 263 g/mol. The van der Waals surface area contributed by atoms with Gasteiger partial charge in [0, 0.05) is 23.1 Å². The van der Waals surface area contributed by atoms with E-state index in [-0.39, 0.29) is 0 Å². The summed E-state index contributed by atoms with van der Waals surface area (Å²) in [5.74, 6) is 1.15. The van der Waals surface area contributed by atoms with Crippen molar-refractivity contribution in [2.24, 2.45) is 0 Å². The van der Waals surface area contributed by atoms with Crippen molar-refractivity contribution in [1.29, 1.82) is 0 Å². The molecule has 18 heavy (non-hydrogen) atoms. The molecule has 1 nitrogen and oxygen atoms in total. The van der Waals surface area contributed by atoms with Crippen LogP contribution in [-0.4, -0.2) is 17.3 Å². The fourth-order valence-electron chi connectivity index (χ4n) is 2.69. The normalized spacial score (nSPS) is 24.4. The maximum atomic E-state index is 3.75. The highest BCUT2D eigenvalue weighted by Gasteiger charge is 2.25. The Morgan fingerprint density at radius 1 is 1.17 bits per heavy atom. The molecule has 2 atom stereocenters. The SMILES string of the molecule is CC(C)N[C@H]1CCCC[C@@H]1SCc1ccccc1. The Morgan fingerprint density at radius 2 is 1.89 bits per heavy atom. The number of hydrogen-bond donors (Lipinski definition) is 1. The van der Waals surface area contributed by atoms with Gasteiger partial charge < -0.3 is 5.32 Å². The van der Waals surface area contributed by atoms with E-state index in [2.05, 4.69) is 61.3 Å². The van der Waals surface area contributed by atoms with Gasteiger partial charge in [0.2, 0.25) is 0 Å². The van der Waals surface area contributed by atoms with Crippen molar-refractivity contribution < 1.29 is 0 Å². The van der Waals surface area contributed by atoms with Crippen molar-refractivity contribution in [1.82, 2.24) is 5.32 Å². The molecule has 0 aromatic heterocycles. The lowest BCUT2D eigenvalue weighted by atomic mass is 9.94. The smallest absolute Gasteiger partial charge is 0.0204 e. The number of benzene rings is 1.